The Bertz CT molecular complexity index is 802. The van der Waals surface area contributed by atoms with Gasteiger partial charge in [0.05, 0.1) is 6.61 Å². The maximum absolute atomic E-state index is 12.9. The summed E-state index contributed by atoms with van der Waals surface area (Å²) in [5, 5.41) is 0. The second-order valence-electron chi connectivity index (χ2n) is 6.94. The van der Waals surface area contributed by atoms with Crippen LogP contribution in [0.4, 0.5) is 4.39 Å². The molecule has 1 fully saturated rings. The van der Waals surface area contributed by atoms with Crippen molar-refractivity contribution < 1.29 is 18.7 Å². The van der Waals surface area contributed by atoms with Crippen molar-refractivity contribution >= 4 is 5.91 Å². The first-order chi connectivity index (χ1) is 13.2. The van der Waals surface area contributed by atoms with E-state index in [2.05, 4.69) is 23.1 Å². The first kappa shape index (κ1) is 17.8. The van der Waals surface area contributed by atoms with Crippen LogP contribution in [0.15, 0.2) is 42.5 Å². The van der Waals surface area contributed by atoms with Gasteiger partial charge in [-0.15, -0.1) is 0 Å². The Balaban J connectivity index is 1.23. The minimum absolute atomic E-state index is 0.0174. The molecule has 2 aromatic rings. The summed E-state index contributed by atoms with van der Waals surface area (Å²) in [6.07, 6.45) is 0.986. The van der Waals surface area contributed by atoms with E-state index in [1.165, 1.54) is 35.4 Å². The normalized spacial score (nSPS) is 16.7. The summed E-state index contributed by atoms with van der Waals surface area (Å²) in [7, 11) is 0. The van der Waals surface area contributed by atoms with Gasteiger partial charge in [0.15, 0.2) is 6.61 Å². The molecule has 5 nitrogen and oxygen atoms in total. The molecule has 0 atom stereocenters. The van der Waals surface area contributed by atoms with Crippen LogP contribution in [-0.4, -0.2) is 55.1 Å². The summed E-state index contributed by atoms with van der Waals surface area (Å²) in [4.78, 5) is 16.5. The van der Waals surface area contributed by atoms with E-state index in [-0.39, 0.29) is 18.3 Å². The fourth-order valence-corrected chi connectivity index (χ4v) is 3.52. The predicted molar refractivity (Wildman–Crippen MR) is 99.4 cm³/mol. The maximum atomic E-state index is 12.9. The summed E-state index contributed by atoms with van der Waals surface area (Å²) < 4.78 is 23.9. The molecule has 0 radical (unpaired) electrons. The van der Waals surface area contributed by atoms with Crippen molar-refractivity contribution in [2.24, 2.45) is 0 Å². The molecule has 1 saturated heterocycles. The number of amides is 1. The van der Waals surface area contributed by atoms with Gasteiger partial charge >= 0.3 is 0 Å². The molecule has 0 spiro atoms. The van der Waals surface area contributed by atoms with E-state index in [0.717, 1.165) is 38.4 Å². The number of ether oxygens (including phenoxy) is 2. The van der Waals surface area contributed by atoms with Crippen molar-refractivity contribution in [3.8, 4) is 11.5 Å². The van der Waals surface area contributed by atoms with Gasteiger partial charge in [-0.2, -0.15) is 0 Å². The average Bonchev–Trinajstić information content (AvgIpc) is 3.16. The maximum Gasteiger partial charge on any atom is 0.260 e. The van der Waals surface area contributed by atoms with Crippen LogP contribution < -0.4 is 9.47 Å². The van der Waals surface area contributed by atoms with Crippen molar-refractivity contribution in [2.75, 3.05) is 39.4 Å². The molecular formula is C21H23FN2O3. The number of hydrogen-bond acceptors (Lipinski definition) is 4. The van der Waals surface area contributed by atoms with Crippen LogP contribution in [0.5, 0.6) is 11.5 Å². The third-order valence-electron chi connectivity index (χ3n) is 5.06. The Morgan fingerprint density at radius 2 is 1.85 bits per heavy atom. The van der Waals surface area contributed by atoms with Gasteiger partial charge in [0.25, 0.3) is 5.91 Å². The van der Waals surface area contributed by atoms with Crippen LogP contribution in [0.25, 0.3) is 0 Å². The third-order valence-corrected chi connectivity index (χ3v) is 5.06. The summed E-state index contributed by atoms with van der Waals surface area (Å²) in [6, 6.07) is 12.1. The summed E-state index contributed by atoms with van der Waals surface area (Å²) in [5.41, 5.74) is 2.58. The van der Waals surface area contributed by atoms with E-state index in [4.69, 9.17) is 9.47 Å². The number of hydrogen-bond donors (Lipinski definition) is 0. The summed E-state index contributed by atoms with van der Waals surface area (Å²) in [5.74, 6) is 1.16. The van der Waals surface area contributed by atoms with Crippen molar-refractivity contribution in [1.82, 2.24) is 9.80 Å². The Kier molecular flexibility index (Phi) is 5.25. The van der Waals surface area contributed by atoms with Gasteiger partial charge in [0.2, 0.25) is 0 Å². The van der Waals surface area contributed by atoms with E-state index in [0.29, 0.717) is 18.8 Å². The van der Waals surface area contributed by atoms with Crippen LogP contribution >= 0.6 is 0 Å². The van der Waals surface area contributed by atoms with E-state index >= 15 is 0 Å². The van der Waals surface area contributed by atoms with Gasteiger partial charge in [0, 0.05) is 39.1 Å². The highest BCUT2D eigenvalue weighted by molar-refractivity contribution is 5.77. The first-order valence-electron chi connectivity index (χ1n) is 9.30. The van der Waals surface area contributed by atoms with Gasteiger partial charge in [-0.1, -0.05) is 12.1 Å². The highest BCUT2D eigenvalue weighted by Crippen LogP contribution is 2.26. The van der Waals surface area contributed by atoms with Crippen LogP contribution in [0.2, 0.25) is 0 Å². The predicted octanol–water partition coefficient (Wildman–Crippen LogP) is 2.48. The van der Waals surface area contributed by atoms with Crippen molar-refractivity contribution in [3.05, 3.63) is 59.4 Å². The molecule has 27 heavy (non-hydrogen) atoms. The molecule has 1 amide bonds. The molecule has 0 aliphatic carbocycles. The zero-order valence-electron chi connectivity index (χ0n) is 15.2. The van der Waals surface area contributed by atoms with E-state index in [1.807, 2.05) is 4.90 Å². The molecule has 0 N–H and O–H groups in total. The van der Waals surface area contributed by atoms with Crippen LogP contribution in [0, 0.1) is 5.82 Å². The molecule has 0 bridgehead atoms. The quantitative estimate of drug-likeness (QED) is 0.811. The van der Waals surface area contributed by atoms with Gasteiger partial charge < -0.3 is 14.4 Å². The third kappa shape index (κ3) is 4.39. The number of nitrogens with zero attached hydrogens (tertiary/aromatic N) is 2. The Morgan fingerprint density at radius 3 is 2.63 bits per heavy atom. The lowest BCUT2D eigenvalue weighted by Crippen LogP contribution is -2.49. The van der Waals surface area contributed by atoms with Crippen molar-refractivity contribution in [1.29, 1.82) is 0 Å². The van der Waals surface area contributed by atoms with Gasteiger partial charge in [-0.25, -0.2) is 4.39 Å². The standard InChI is InChI=1S/C21H23FN2O3/c22-18-2-4-19(5-3-18)27-15-21(25)24-10-8-23(9-11-24)14-16-1-6-20-17(13-16)7-12-26-20/h1-6,13H,7-12,14-15H2. The SMILES string of the molecule is O=C(COc1ccc(F)cc1)N1CCN(Cc2ccc3c(c2)CCO3)CC1. The second kappa shape index (κ2) is 7.96. The molecular weight excluding hydrogens is 347 g/mol. The number of rotatable bonds is 5. The molecule has 0 aromatic heterocycles. The van der Waals surface area contributed by atoms with Crippen molar-refractivity contribution in [2.45, 2.75) is 13.0 Å². The van der Waals surface area contributed by atoms with Gasteiger partial charge in [-0.05, 0) is 41.5 Å². The van der Waals surface area contributed by atoms with E-state index in [9.17, 15) is 9.18 Å². The lowest BCUT2D eigenvalue weighted by molar-refractivity contribution is -0.135. The smallest absolute Gasteiger partial charge is 0.260 e. The zero-order valence-corrected chi connectivity index (χ0v) is 15.2. The molecule has 2 aliphatic rings. The van der Waals surface area contributed by atoms with E-state index in [1.54, 1.807) is 0 Å². The largest absolute Gasteiger partial charge is 0.493 e. The molecule has 0 saturated carbocycles. The monoisotopic (exact) mass is 370 g/mol. The lowest BCUT2D eigenvalue weighted by Gasteiger charge is -2.34. The number of carbonyl (C=O) groups is 1. The molecule has 2 aromatic carbocycles. The lowest BCUT2D eigenvalue weighted by atomic mass is 10.1. The summed E-state index contributed by atoms with van der Waals surface area (Å²) in [6.45, 7) is 4.72. The highest BCUT2D eigenvalue weighted by atomic mass is 19.1. The fraction of sp³-hybridized carbons (Fsp3) is 0.381. The molecule has 142 valence electrons. The number of carbonyl (C=O) groups excluding carboxylic acids is 1. The second-order valence-corrected chi connectivity index (χ2v) is 6.94. The Labute approximate surface area is 158 Å². The van der Waals surface area contributed by atoms with E-state index < -0.39 is 0 Å². The number of halogens is 1. The molecule has 4 rings (SSSR count). The molecule has 6 heteroatoms. The number of benzene rings is 2. The van der Waals surface area contributed by atoms with Crippen LogP contribution in [-0.2, 0) is 17.8 Å². The minimum atomic E-state index is -0.319. The van der Waals surface area contributed by atoms with Crippen LogP contribution in [0.1, 0.15) is 11.1 Å². The highest BCUT2D eigenvalue weighted by Gasteiger charge is 2.22. The fourth-order valence-electron chi connectivity index (χ4n) is 3.52. The molecule has 2 heterocycles. The average molecular weight is 370 g/mol. The Hall–Kier alpha value is -2.60. The van der Waals surface area contributed by atoms with Gasteiger partial charge in [-0.3, -0.25) is 9.69 Å². The number of piperazine rings is 1. The first-order valence-corrected chi connectivity index (χ1v) is 9.30. The molecule has 0 unspecified atom stereocenters. The number of fused-ring (bicyclic) bond motifs is 1. The Morgan fingerprint density at radius 1 is 1.07 bits per heavy atom. The zero-order chi connectivity index (χ0) is 18.6. The van der Waals surface area contributed by atoms with Crippen molar-refractivity contribution in [3.63, 3.8) is 0 Å². The minimum Gasteiger partial charge on any atom is -0.493 e. The topological polar surface area (TPSA) is 42.0 Å². The summed E-state index contributed by atoms with van der Waals surface area (Å²) >= 11 is 0. The molecule has 2 aliphatic heterocycles. The van der Waals surface area contributed by atoms with Gasteiger partial charge in [0.1, 0.15) is 17.3 Å². The van der Waals surface area contributed by atoms with Crippen LogP contribution in [0.3, 0.4) is 0 Å².